The van der Waals surface area contributed by atoms with Crippen molar-refractivity contribution in [3.05, 3.63) is 0 Å². The molecule has 1 heterocycles. The van der Waals surface area contributed by atoms with Crippen molar-refractivity contribution in [2.24, 2.45) is 5.73 Å². The van der Waals surface area contributed by atoms with Crippen molar-refractivity contribution in [3.8, 4) is 0 Å². The summed E-state index contributed by atoms with van der Waals surface area (Å²) in [6, 6.07) is 0. The first kappa shape index (κ1) is 15.8. The van der Waals surface area contributed by atoms with Crippen LogP contribution < -0.4 is 22.7 Å². The first-order chi connectivity index (χ1) is 6.83. The molecule has 2 nitrogen and oxygen atoms in total. The highest BCUT2D eigenvalue weighted by Crippen LogP contribution is 2.18. The van der Waals surface area contributed by atoms with Crippen molar-refractivity contribution in [3.63, 3.8) is 0 Å². The van der Waals surface area contributed by atoms with Crippen molar-refractivity contribution in [1.82, 2.24) is 0 Å². The fourth-order valence-electron chi connectivity index (χ4n) is 2.42. The average molecular weight is 297 g/mol. The van der Waals surface area contributed by atoms with Crippen LogP contribution in [0.4, 0.5) is 0 Å². The third kappa shape index (κ3) is 5.57. The van der Waals surface area contributed by atoms with E-state index in [0.717, 1.165) is 12.4 Å². The van der Waals surface area contributed by atoms with Gasteiger partial charge < -0.3 is 21.5 Å². The zero-order chi connectivity index (χ0) is 10.3. The molecule has 0 aromatic carbocycles. The van der Waals surface area contributed by atoms with Crippen LogP contribution in [0.15, 0.2) is 0 Å². The molecule has 2 N–H and O–H groups in total. The number of likely N-dealkylation sites (tertiary alicyclic amines) is 1. The number of piperidine rings is 1. The molecule has 1 fully saturated rings. The summed E-state index contributed by atoms with van der Waals surface area (Å²) >= 11 is 4.23. The van der Waals surface area contributed by atoms with Crippen molar-refractivity contribution >= 4 is 12.6 Å². The predicted molar refractivity (Wildman–Crippen MR) is 65.5 cm³/mol. The first-order valence-electron chi connectivity index (χ1n) is 5.99. The lowest BCUT2D eigenvalue weighted by Crippen LogP contribution is -3.00. The summed E-state index contributed by atoms with van der Waals surface area (Å²) in [5.41, 5.74) is 5.91. The van der Waals surface area contributed by atoms with Crippen LogP contribution in [0.2, 0.25) is 0 Å². The standard InChI is InChI=1S/C11H24N2S.BrH/c12-11-13(7-3-1-4-8-13)9-5-2-6-10-14;/h1-12H2;1H. The molecule has 0 unspecified atom stereocenters. The van der Waals surface area contributed by atoms with Gasteiger partial charge in [-0.15, -0.1) is 0 Å². The lowest BCUT2D eigenvalue weighted by Gasteiger charge is -2.40. The van der Waals surface area contributed by atoms with E-state index in [2.05, 4.69) is 12.6 Å². The molecule has 1 saturated heterocycles. The fraction of sp³-hybridized carbons (Fsp3) is 1.00. The van der Waals surface area contributed by atoms with Crippen molar-refractivity contribution < 1.29 is 21.5 Å². The smallest absolute Gasteiger partial charge is 0.130 e. The summed E-state index contributed by atoms with van der Waals surface area (Å²) < 4.78 is 1.19. The Balaban J connectivity index is 0.00000196. The summed E-state index contributed by atoms with van der Waals surface area (Å²) in [6.45, 7) is 4.78. The minimum absolute atomic E-state index is 0. The highest BCUT2D eigenvalue weighted by Gasteiger charge is 2.27. The largest absolute Gasteiger partial charge is 1.00 e. The van der Waals surface area contributed by atoms with Gasteiger partial charge in [-0.2, -0.15) is 12.6 Å². The van der Waals surface area contributed by atoms with Crippen LogP contribution in [0.5, 0.6) is 0 Å². The lowest BCUT2D eigenvalue weighted by molar-refractivity contribution is -0.932. The fourth-order valence-corrected chi connectivity index (χ4v) is 2.64. The van der Waals surface area contributed by atoms with E-state index in [1.807, 2.05) is 0 Å². The van der Waals surface area contributed by atoms with Gasteiger partial charge in [0.05, 0.1) is 19.6 Å². The van der Waals surface area contributed by atoms with E-state index in [9.17, 15) is 0 Å². The van der Waals surface area contributed by atoms with Crippen LogP contribution in [0.3, 0.4) is 0 Å². The molecule has 0 bridgehead atoms. The van der Waals surface area contributed by atoms with Crippen molar-refractivity contribution in [2.45, 2.75) is 38.5 Å². The van der Waals surface area contributed by atoms with E-state index in [0.29, 0.717) is 0 Å². The van der Waals surface area contributed by atoms with Gasteiger partial charge >= 0.3 is 0 Å². The zero-order valence-corrected chi connectivity index (χ0v) is 12.1. The minimum Gasteiger partial charge on any atom is -1.00 e. The summed E-state index contributed by atoms with van der Waals surface area (Å²) in [5, 5.41) is 0. The second-order valence-electron chi connectivity index (χ2n) is 4.54. The van der Waals surface area contributed by atoms with Gasteiger partial charge in [0.1, 0.15) is 6.67 Å². The summed E-state index contributed by atoms with van der Waals surface area (Å²) in [6.07, 6.45) is 8.08. The Kier molecular flexibility index (Phi) is 9.29. The first-order valence-corrected chi connectivity index (χ1v) is 6.62. The SMILES string of the molecule is NC[N+]1(CCCCCS)CCCCC1.[Br-]. The second-order valence-corrected chi connectivity index (χ2v) is 4.99. The van der Waals surface area contributed by atoms with E-state index < -0.39 is 0 Å². The molecule has 0 aliphatic carbocycles. The van der Waals surface area contributed by atoms with Crippen LogP contribution in [0, 0.1) is 0 Å². The maximum absolute atomic E-state index is 5.91. The molecule has 0 atom stereocenters. The molecular weight excluding hydrogens is 272 g/mol. The minimum atomic E-state index is 0. The Morgan fingerprint density at radius 2 is 1.67 bits per heavy atom. The summed E-state index contributed by atoms with van der Waals surface area (Å²) in [7, 11) is 0. The molecule has 1 aliphatic rings. The number of hydrogen-bond donors (Lipinski definition) is 2. The Labute approximate surface area is 110 Å². The van der Waals surface area contributed by atoms with Gasteiger partial charge in [-0.05, 0) is 44.3 Å². The molecule has 4 heteroatoms. The van der Waals surface area contributed by atoms with Crippen LogP contribution in [-0.2, 0) is 0 Å². The maximum Gasteiger partial charge on any atom is 0.130 e. The summed E-state index contributed by atoms with van der Waals surface area (Å²) in [5.74, 6) is 1.03. The Hall–Kier alpha value is 0.750. The average Bonchev–Trinajstić information content (AvgIpc) is 2.26. The van der Waals surface area contributed by atoms with Crippen LogP contribution in [0.25, 0.3) is 0 Å². The number of nitrogens with zero attached hydrogens (tertiary/aromatic N) is 1. The van der Waals surface area contributed by atoms with Gasteiger partial charge in [0.25, 0.3) is 0 Å². The highest BCUT2D eigenvalue weighted by atomic mass is 79.9. The number of quaternary nitrogens is 1. The molecule has 0 aromatic heterocycles. The van der Waals surface area contributed by atoms with Crippen LogP contribution in [-0.4, -0.2) is 36.5 Å². The number of thiol groups is 1. The van der Waals surface area contributed by atoms with Crippen LogP contribution in [0.1, 0.15) is 38.5 Å². The summed E-state index contributed by atoms with van der Waals surface area (Å²) in [4.78, 5) is 0. The molecule has 0 aromatic rings. The molecule has 15 heavy (non-hydrogen) atoms. The molecule has 0 amide bonds. The molecule has 1 aliphatic heterocycles. The lowest BCUT2D eigenvalue weighted by atomic mass is 10.1. The number of unbranched alkanes of at least 4 members (excludes halogenated alkanes) is 2. The molecular formula is C11H25BrN2S. The Morgan fingerprint density at radius 1 is 1.00 bits per heavy atom. The second kappa shape index (κ2) is 8.85. The van der Waals surface area contributed by atoms with Crippen molar-refractivity contribution in [1.29, 1.82) is 0 Å². The van der Waals surface area contributed by atoms with Gasteiger partial charge in [0.15, 0.2) is 0 Å². The maximum atomic E-state index is 5.91. The normalized spacial score (nSPS) is 19.6. The number of halogens is 1. The molecule has 0 radical (unpaired) electrons. The topological polar surface area (TPSA) is 26.0 Å². The molecule has 92 valence electrons. The number of rotatable bonds is 6. The van der Waals surface area contributed by atoms with Gasteiger partial charge in [0, 0.05) is 0 Å². The van der Waals surface area contributed by atoms with Gasteiger partial charge in [-0.25, -0.2) is 0 Å². The van der Waals surface area contributed by atoms with Gasteiger partial charge in [-0.3, -0.25) is 5.73 Å². The third-order valence-corrected chi connectivity index (χ3v) is 3.76. The van der Waals surface area contributed by atoms with E-state index in [1.54, 1.807) is 0 Å². The molecule has 1 rings (SSSR count). The number of nitrogens with two attached hydrogens (primary N) is 1. The van der Waals surface area contributed by atoms with Crippen molar-refractivity contribution in [2.75, 3.05) is 32.1 Å². The highest BCUT2D eigenvalue weighted by molar-refractivity contribution is 7.80. The monoisotopic (exact) mass is 296 g/mol. The molecule has 0 saturated carbocycles. The van der Waals surface area contributed by atoms with Gasteiger partial charge in [0.2, 0.25) is 0 Å². The Bertz CT molecular complexity index is 150. The zero-order valence-electron chi connectivity index (χ0n) is 9.63. The quantitative estimate of drug-likeness (QED) is 0.367. The van der Waals surface area contributed by atoms with E-state index in [-0.39, 0.29) is 17.0 Å². The van der Waals surface area contributed by atoms with E-state index >= 15 is 0 Å². The van der Waals surface area contributed by atoms with E-state index in [4.69, 9.17) is 5.73 Å². The van der Waals surface area contributed by atoms with Crippen LogP contribution >= 0.6 is 12.6 Å². The third-order valence-electron chi connectivity index (χ3n) is 3.44. The van der Waals surface area contributed by atoms with Gasteiger partial charge in [-0.1, -0.05) is 0 Å². The van der Waals surface area contributed by atoms with E-state index in [1.165, 1.54) is 62.6 Å². The predicted octanol–water partition coefficient (Wildman–Crippen LogP) is -0.993. The number of hydrogen-bond acceptors (Lipinski definition) is 2. The molecule has 0 spiro atoms. The Morgan fingerprint density at radius 3 is 2.20 bits per heavy atom.